The van der Waals surface area contributed by atoms with Gasteiger partial charge in [0.25, 0.3) is 0 Å². The van der Waals surface area contributed by atoms with Gasteiger partial charge in [-0.05, 0) is 24.6 Å². The van der Waals surface area contributed by atoms with Crippen LogP contribution in [0.25, 0.3) is 0 Å². The molecule has 1 rings (SSSR count). The molecule has 0 atom stereocenters. The van der Waals surface area contributed by atoms with E-state index in [1.807, 2.05) is 0 Å². The molecule has 5 nitrogen and oxygen atoms in total. The van der Waals surface area contributed by atoms with Gasteiger partial charge in [0.1, 0.15) is 0 Å². The number of hydrogen-bond donors (Lipinski definition) is 2. The van der Waals surface area contributed by atoms with Crippen LogP contribution in [0.5, 0.6) is 0 Å². The Balaban J connectivity index is 2.93. The highest BCUT2D eigenvalue weighted by molar-refractivity contribution is 5.95. The SMILES string of the molecule is C#CCN(C)C(=O)Nc1cccc(C(=O)O)c1C. The maximum atomic E-state index is 11.7. The van der Waals surface area contributed by atoms with E-state index in [0.717, 1.165) is 0 Å². The summed E-state index contributed by atoms with van der Waals surface area (Å²) in [6, 6.07) is 4.33. The van der Waals surface area contributed by atoms with Crippen LogP contribution in [0.3, 0.4) is 0 Å². The maximum Gasteiger partial charge on any atom is 0.336 e. The zero-order chi connectivity index (χ0) is 13.7. The summed E-state index contributed by atoms with van der Waals surface area (Å²) < 4.78 is 0. The van der Waals surface area contributed by atoms with E-state index in [0.29, 0.717) is 11.3 Å². The molecule has 0 fully saturated rings. The Bertz CT molecular complexity index is 517. The minimum absolute atomic E-state index is 0.160. The number of rotatable bonds is 3. The van der Waals surface area contributed by atoms with Crippen molar-refractivity contribution in [1.82, 2.24) is 4.90 Å². The second kappa shape index (κ2) is 5.73. The lowest BCUT2D eigenvalue weighted by atomic mass is 10.1. The fraction of sp³-hybridized carbons (Fsp3) is 0.231. The maximum absolute atomic E-state index is 11.7. The van der Waals surface area contributed by atoms with Crippen LogP contribution in [-0.4, -0.2) is 35.6 Å². The Hall–Kier alpha value is -2.48. The van der Waals surface area contributed by atoms with E-state index >= 15 is 0 Å². The van der Waals surface area contributed by atoms with Gasteiger partial charge in [0.15, 0.2) is 0 Å². The topological polar surface area (TPSA) is 69.6 Å². The number of nitrogens with zero attached hydrogens (tertiary/aromatic N) is 1. The number of benzene rings is 1. The zero-order valence-corrected chi connectivity index (χ0v) is 10.2. The number of aromatic carboxylic acids is 1. The van der Waals surface area contributed by atoms with Gasteiger partial charge >= 0.3 is 12.0 Å². The molecule has 0 aliphatic carbocycles. The molecule has 2 N–H and O–H groups in total. The Morgan fingerprint density at radius 2 is 2.17 bits per heavy atom. The third-order valence-corrected chi connectivity index (χ3v) is 2.48. The molecular formula is C13H14N2O3. The van der Waals surface area contributed by atoms with Crippen molar-refractivity contribution in [3.05, 3.63) is 29.3 Å². The summed E-state index contributed by atoms with van der Waals surface area (Å²) in [6.07, 6.45) is 5.10. The van der Waals surface area contributed by atoms with Crippen LogP contribution in [0.15, 0.2) is 18.2 Å². The second-order valence-electron chi connectivity index (χ2n) is 3.77. The summed E-state index contributed by atoms with van der Waals surface area (Å²) in [5.41, 5.74) is 1.13. The van der Waals surface area contributed by atoms with Crippen molar-refractivity contribution < 1.29 is 14.7 Å². The largest absolute Gasteiger partial charge is 0.478 e. The standard InChI is InChI=1S/C13H14N2O3/c1-4-8-15(3)13(18)14-11-7-5-6-10(9(11)2)12(16)17/h1,5-7H,8H2,2-3H3,(H,14,18)(H,16,17). The first kappa shape index (κ1) is 13.6. The van der Waals surface area contributed by atoms with Crippen molar-refractivity contribution in [3.8, 4) is 12.3 Å². The third kappa shape index (κ3) is 3.01. The van der Waals surface area contributed by atoms with Crippen molar-refractivity contribution >= 4 is 17.7 Å². The second-order valence-corrected chi connectivity index (χ2v) is 3.77. The molecule has 5 heteroatoms. The zero-order valence-electron chi connectivity index (χ0n) is 10.2. The first-order valence-electron chi connectivity index (χ1n) is 5.26. The van der Waals surface area contributed by atoms with Gasteiger partial charge in [-0.3, -0.25) is 0 Å². The molecule has 2 amide bonds. The predicted octanol–water partition coefficient (Wildman–Crippen LogP) is 1.79. The van der Waals surface area contributed by atoms with Gasteiger partial charge in [-0.2, -0.15) is 0 Å². The quantitative estimate of drug-likeness (QED) is 0.799. The molecule has 1 aromatic rings. The van der Waals surface area contributed by atoms with Gasteiger partial charge in [0.2, 0.25) is 0 Å². The number of carboxylic acids is 1. The minimum Gasteiger partial charge on any atom is -0.478 e. The highest BCUT2D eigenvalue weighted by Crippen LogP contribution is 2.19. The highest BCUT2D eigenvalue weighted by atomic mass is 16.4. The van der Waals surface area contributed by atoms with Crippen molar-refractivity contribution in [2.24, 2.45) is 0 Å². The summed E-state index contributed by atoms with van der Waals surface area (Å²) in [5, 5.41) is 11.6. The molecule has 18 heavy (non-hydrogen) atoms. The summed E-state index contributed by atoms with van der Waals surface area (Å²) >= 11 is 0. The molecule has 0 aromatic heterocycles. The molecule has 0 radical (unpaired) electrons. The number of hydrogen-bond acceptors (Lipinski definition) is 2. The summed E-state index contributed by atoms with van der Waals surface area (Å²) in [6.45, 7) is 1.82. The van der Waals surface area contributed by atoms with Gasteiger partial charge in [-0.1, -0.05) is 12.0 Å². The highest BCUT2D eigenvalue weighted by Gasteiger charge is 2.13. The molecule has 0 bridgehead atoms. The fourth-order valence-corrected chi connectivity index (χ4v) is 1.42. The van der Waals surface area contributed by atoms with E-state index in [2.05, 4.69) is 11.2 Å². The molecule has 0 saturated carbocycles. The van der Waals surface area contributed by atoms with Crippen molar-refractivity contribution in [2.45, 2.75) is 6.92 Å². The van der Waals surface area contributed by atoms with Crippen molar-refractivity contribution in [1.29, 1.82) is 0 Å². The van der Waals surface area contributed by atoms with Gasteiger partial charge in [-0.15, -0.1) is 6.42 Å². The van der Waals surface area contributed by atoms with Crippen molar-refractivity contribution in [3.63, 3.8) is 0 Å². The van der Waals surface area contributed by atoms with Crippen LogP contribution in [-0.2, 0) is 0 Å². The van der Waals surface area contributed by atoms with Gasteiger partial charge in [0, 0.05) is 12.7 Å². The van der Waals surface area contributed by atoms with E-state index in [9.17, 15) is 9.59 Å². The number of anilines is 1. The molecule has 0 aliphatic heterocycles. The predicted molar refractivity (Wildman–Crippen MR) is 68.6 cm³/mol. The van der Waals surface area contributed by atoms with Gasteiger partial charge < -0.3 is 15.3 Å². The number of carbonyl (C=O) groups excluding carboxylic acids is 1. The first-order chi connectivity index (χ1) is 8.47. The molecule has 0 aliphatic rings. The van der Waals surface area contributed by atoms with Crippen LogP contribution in [0.1, 0.15) is 15.9 Å². The number of urea groups is 1. The number of carboxylic acid groups (broad SMARTS) is 1. The minimum atomic E-state index is -1.03. The summed E-state index contributed by atoms with van der Waals surface area (Å²) in [7, 11) is 1.56. The molecule has 0 saturated heterocycles. The molecule has 0 heterocycles. The average molecular weight is 246 g/mol. The fourth-order valence-electron chi connectivity index (χ4n) is 1.42. The Kier molecular flexibility index (Phi) is 4.33. The number of amides is 2. The molecule has 1 aromatic carbocycles. The van der Waals surface area contributed by atoms with Crippen LogP contribution in [0.4, 0.5) is 10.5 Å². The monoisotopic (exact) mass is 246 g/mol. The van der Waals surface area contributed by atoms with E-state index in [1.54, 1.807) is 26.1 Å². The van der Waals surface area contributed by atoms with Crippen molar-refractivity contribution in [2.75, 3.05) is 18.9 Å². The lowest BCUT2D eigenvalue weighted by Crippen LogP contribution is -2.31. The Morgan fingerprint density at radius 1 is 1.50 bits per heavy atom. The lowest BCUT2D eigenvalue weighted by molar-refractivity contribution is 0.0696. The normalized spacial score (nSPS) is 9.39. The lowest BCUT2D eigenvalue weighted by Gasteiger charge is -2.16. The number of nitrogens with one attached hydrogen (secondary N) is 1. The van der Waals surface area contributed by atoms with Crippen LogP contribution >= 0.6 is 0 Å². The van der Waals surface area contributed by atoms with E-state index in [1.165, 1.54) is 11.0 Å². The molecule has 0 spiro atoms. The number of carbonyl (C=O) groups is 2. The van der Waals surface area contributed by atoms with Crippen LogP contribution in [0.2, 0.25) is 0 Å². The van der Waals surface area contributed by atoms with E-state index in [4.69, 9.17) is 11.5 Å². The van der Waals surface area contributed by atoms with Gasteiger partial charge in [0.05, 0.1) is 12.1 Å². The molecular weight excluding hydrogens is 232 g/mol. The van der Waals surface area contributed by atoms with E-state index in [-0.39, 0.29) is 18.1 Å². The Labute approximate surface area is 105 Å². The smallest absolute Gasteiger partial charge is 0.336 e. The molecule has 0 unspecified atom stereocenters. The summed E-state index contributed by atoms with van der Waals surface area (Å²) in [4.78, 5) is 24.0. The Morgan fingerprint density at radius 3 is 2.72 bits per heavy atom. The number of terminal acetylenes is 1. The average Bonchev–Trinajstić information content (AvgIpc) is 2.31. The third-order valence-electron chi connectivity index (χ3n) is 2.48. The van der Waals surface area contributed by atoms with Crippen LogP contribution in [0, 0.1) is 19.3 Å². The summed E-state index contributed by atoms with van der Waals surface area (Å²) in [5.74, 6) is 1.32. The van der Waals surface area contributed by atoms with Crippen LogP contribution < -0.4 is 5.32 Å². The van der Waals surface area contributed by atoms with Gasteiger partial charge in [-0.25, -0.2) is 9.59 Å². The molecule has 94 valence electrons. The first-order valence-corrected chi connectivity index (χ1v) is 5.26. The van der Waals surface area contributed by atoms with E-state index < -0.39 is 5.97 Å².